The predicted molar refractivity (Wildman–Crippen MR) is 112 cm³/mol. The maximum absolute atomic E-state index is 12.9. The van der Waals surface area contributed by atoms with Crippen LogP contribution in [0.3, 0.4) is 0 Å². The summed E-state index contributed by atoms with van der Waals surface area (Å²) in [5.41, 5.74) is 2.28. The largest absolute Gasteiger partial charge is 0.507 e. The molecular weight excluding hydrogens is 382 g/mol. The monoisotopic (exact) mass is 407 g/mol. The van der Waals surface area contributed by atoms with Crippen LogP contribution in [-0.2, 0) is 11.3 Å². The Kier molecular flexibility index (Phi) is 5.59. The number of allylic oxidation sites excluding steroid dienone is 1. The number of likely N-dealkylation sites (tertiary alicyclic amines) is 1. The highest BCUT2D eigenvalue weighted by Crippen LogP contribution is 2.40. The number of rotatable bonds is 4. The first-order valence-corrected chi connectivity index (χ1v) is 10.2. The van der Waals surface area contributed by atoms with E-state index in [4.69, 9.17) is 9.47 Å². The first-order valence-electron chi connectivity index (χ1n) is 10.2. The van der Waals surface area contributed by atoms with Gasteiger partial charge in [-0.05, 0) is 67.8 Å². The summed E-state index contributed by atoms with van der Waals surface area (Å²) in [6, 6.07) is 9.91. The van der Waals surface area contributed by atoms with Gasteiger partial charge in [0, 0.05) is 6.54 Å². The second-order valence-corrected chi connectivity index (χ2v) is 7.95. The van der Waals surface area contributed by atoms with Gasteiger partial charge in [0.2, 0.25) is 5.78 Å². The number of benzene rings is 2. The average Bonchev–Trinajstić information content (AvgIpc) is 3.07. The molecule has 1 fully saturated rings. The molecule has 0 atom stereocenters. The Morgan fingerprint density at radius 3 is 2.57 bits per heavy atom. The van der Waals surface area contributed by atoms with Gasteiger partial charge in [0.05, 0.1) is 23.8 Å². The topological polar surface area (TPSA) is 76.1 Å². The smallest absolute Gasteiger partial charge is 0.337 e. The Hall–Kier alpha value is -3.12. The third-order valence-corrected chi connectivity index (χ3v) is 5.80. The predicted octanol–water partition coefficient (Wildman–Crippen LogP) is 4.03. The highest BCUT2D eigenvalue weighted by atomic mass is 16.5. The normalized spacial score (nSPS) is 18.3. The number of hydrogen-bond acceptors (Lipinski definition) is 6. The van der Waals surface area contributed by atoms with E-state index < -0.39 is 5.97 Å². The zero-order valence-electron chi connectivity index (χ0n) is 17.2. The van der Waals surface area contributed by atoms with Crippen molar-refractivity contribution in [2.45, 2.75) is 26.3 Å². The van der Waals surface area contributed by atoms with Crippen LogP contribution in [0.1, 0.15) is 51.6 Å². The van der Waals surface area contributed by atoms with Crippen molar-refractivity contribution in [3.8, 4) is 11.5 Å². The Bertz CT molecular complexity index is 1000. The molecule has 1 saturated heterocycles. The number of piperidine rings is 1. The van der Waals surface area contributed by atoms with E-state index in [2.05, 4.69) is 11.8 Å². The van der Waals surface area contributed by atoms with Crippen LogP contribution in [0, 0.1) is 5.92 Å². The fourth-order valence-electron chi connectivity index (χ4n) is 3.88. The van der Waals surface area contributed by atoms with E-state index in [1.165, 1.54) is 7.11 Å². The highest BCUT2D eigenvalue weighted by Gasteiger charge is 2.32. The first kappa shape index (κ1) is 20.2. The molecule has 2 aromatic rings. The van der Waals surface area contributed by atoms with Gasteiger partial charge < -0.3 is 14.6 Å². The number of phenols is 1. The summed E-state index contributed by atoms with van der Waals surface area (Å²) in [5.74, 6) is 0.877. The van der Waals surface area contributed by atoms with Crippen molar-refractivity contribution in [1.29, 1.82) is 0 Å². The molecule has 0 unspecified atom stereocenters. The first-order chi connectivity index (χ1) is 14.5. The fraction of sp³-hybridized carbons (Fsp3) is 0.333. The van der Waals surface area contributed by atoms with Crippen LogP contribution in [0.2, 0.25) is 0 Å². The lowest BCUT2D eigenvalue weighted by molar-refractivity contribution is 0.0600. The van der Waals surface area contributed by atoms with E-state index in [-0.39, 0.29) is 17.3 Å². The van der Waals surface area contributed by atoms with Crippen LogP contribution in [-0.4, -0.2) is 42.0 Å². The van der Waals surface area contributed by atoms with Crippen molar-refractivity contribution < 1.29 is 24.2 Å². The minimum Gasteiger partial charge on any atom is -0.507 e. The summed E-state index contributed by atoms with van der Waals surface area (Å²) in [7, 11) is 1.33. The van der Waals surface area contributed by atoms with E-state index >= 15 is 0 Å². The quantitative estimate of drug-likeness (QED) is 0.609. The number of Topliss-reactive ketones (excluding diaryl/α,β-unsaturated/α-hetero) is 1. The van der Waals surface area contributed by atoms with E-state index in [9.17, 15) is 14.7 Å². The third-order valence-electron chi connectivity index (χ3n) is 5.80. The van der Waals surface area contributed by atoms with E-state index in [1.54, 1.807) is 42.5 Å². The maximum Gasteiger partial charge on any atom is 0.337 e. The van der Waals surface area contributed by atoms with Crippen LogP contribution in [0.4, 0.5) is 0 Å². The van der Waals surface area contributed by atoms with Crippen LogP contribution in [0.25, 0.3) is 6.08 Å². The highest BCUT2D eigenvalue weighted by molar-refractivity contribution is 6.15. The van der Waals surface area contributed by atoms with Gasteiger partial charge >= 0.3 is 5.97 Å². The van der Waals surface area contributed by atoms with Gasteiger partial charge in [0.25, 0.3) is 0 Å². The van der Waals surface area contributed by atoms with E-state index in [1.807, 2.05) is 0 Å². The number of fused-ring (bicyclic) bond motifs is 1. The molecule has 2 aromatic carbocycles. The number of esters is 1. The zero-order valence-corrected chi connectivity index (χ0v) is 17.2. The second-order valence-electron chi connectivity index (χ2n) is 7.95. The van der Waals surface area contributed by atoms with E-state index in [0.29, 0.717) is 34.9 Å². The lowest BCUT2D eigenvalue weighted by atomic mass is 9.98. The Labute approximate surface area is 175 Å². The van der Waals surface area contributed by atoms with Crippen molar-refractivity contribution in [3.05, 3.63) is 64.4 Å². The van der Waals surface area contributed by atoms with Gasteiger partial charge in [0.1, 0.15) is 11.5 Å². The lowest BCUT2D eigenvalue weighted by Crippen LogP contribution is -2.32. The molecular formula is C24H25NO5. The Morgan fingerprint density at radius 1 is 1.20 bits per heavy atom. The van der Waals surface area contributed by atoms with Crippen molar-refractivity contribution >= 4 is 17.8 Å². The molecule has 0 aliphatic carbocycles. The molecule has 2 heterocycles. The second kappa shape index (κ2) is 8.32. The van der Waals surface area contributed by atoms with Gasteiger partial charge in [0.15, 0.2) is 5.76 Å². The minimum atomic E-state index is -0.415. The molecule has 2 aliphatic heterocycles. The number of hydrogen-bond donors (Lipinski definition) is 1. The summed E-state index contributed by atoms with van der Waals surface area (Å²) in [6.07, 6.45) is 3.90. The molecule has 4 rings (SSSR count). The number of carbonyl (C=O) groups is 2. The fourth-order valence-corrected chi connectivity index (χ4v) is 3.88. The average molecular weight is 407 g/mol. The van der Waals surface area contributed by atoms with Crippen LogP contribution >= 0.6 is 0 Å². The standard InChI is InChI=1S/C24H25NO5/c1-15-9-11-25(12-10-15)14-19-20(26)8-7-18-22(27)21(30-23(18)19)13-16-3-5-17(6-4-16)24(28)29-2/h3-8,13,15,26H,9-12,14H2,1-2H3. The van der Waals surface area contributed by atoms with Crippen molar-refractivity contribution in [1.82, 2.24) is 4.90 Å². The van der Waals surface area contributed by atoms with E-state index in [0.717, 1.165) is 31.5 Å². The van der Waals surface area contributed by atoms with Gasteiger partial charge in [-0.15, -0.1) is 0 Å². The van der Waals surface area contributed by atoms with Crippen LogP contribution in [0.15, 0.2) is 42.2 Å². The van der Waals surface area contributed by atoms with Crippen LogP contribution < -0.4 is 4.74 Å². The van der Waals surface area contributed by atoms with Crippen molar-refractivity contribution in [3.63, 3.8) is 0 Å². The van der Waals surface area contributed by atoms with Gasteiger partial charge in [-0.3, -0.25) is 9.69 Å². The molecule has 2 aliphatic rings. The molecule has 6 heteroatoms. The number of phenolic OH excluding ortho intramolecular Hbond substituents is 1. The molecule has 0 spiro atoms. The molecule has 0 radical (unpaired) electrons. The molecule has 6 nitrogen and oxygen atoms in total. The molecule has 1 N–H and O–H groups in total. The SMILES string of the molecule is COC(=O)c1ccc(C=C2Oc3c(ccc(O)c3CN3CCC(C)CC3)C2=O)cc1. The van der Waals surface area contributed by atoms with Crippen molar-refractivity contribution in [2.24, 2.45) is 5.92 Å². The molecule has 0 saturated carbocycles. The van der Waals surface area contributed by atoms with Gasteiger partial charge in [-0.25, -0.2) is 4.79 Å². The summed E-state index contributed by atoms with van der Waals surface area (Å²) >= 11 is 0. The molecule has 30 heavy (non-hydrogen) atoms. The van der Waals surface area contributed by atoms with Gasteiger partial charge in [-0.2, -0.15) is 0 Å². The summed E-state index contributed by atoms with van der Waals surface area (Å²) in [6.45, 7) is 4.74. The van der Waals surface area contributed by atoms with Gasteiger partial charge in [-0.1, -0.05) is 19.1 Å². The maximum atomic E-state index is 12.9. The summed E-state index contributed by atoms with van der Waals surface area (Å²) in [4.78, 5) is 26.7. The Balaban J connectivity index is 1.58. The molecule has 0 amide bonds. The third kappa shape index (κ3) is 3.96. The zero-order chi connectivity index (χ0) is 21.3. The molecule has 156 valence electrons. The number of ketones is 1. The number of nitrogens with zero attached hydrogens (tertiary/aromatic N) is 1. The van der Waals surface area contributed by atoms with Crippen LogP contribution in [0.5, 0.6) is 11.5 Å². The number of carbonyl (C=O) groups excluding carboxylic acids is 2. The summed E-state index contributed by atoms with van der Waals surface area (Å²) in [5, 5.41) is 10.4. The number of ether oxygens (including phenoxy) is 2. The Morgan fingerprint density at radius 2 is 1.90 bits per heavy atom. The molecule has 0 aromatic heterocycles. The minimum absolute atomic E-state index is 0.142. The number of aromatic hydroxyl groups is 1. The summed E-state index contributed by atoms with van der Waals surface area (Å²) < 4.78 is 10.6. The number of methoxy groups -OCH3 is 1. The lowest BCUT2D eigenvalue weighted by Gasteiger charge is -2.30. The van der Waals surface area contributed by atoms with Crippen molar-refractivity contribution in [2.75, 3.05) is 20.2 Å². The molecule has 0 bridgehead atoms.